The van der Waals surface area contributed by atoms with Crippen molar-refractivity contribution < 1.29 is 14.2 Å². The molecule has 2 atom stereocenters. The Balaban J connectivity index is 1.92. The summed E-state index contributed by atoms with van der Waals surface area (Å²) in [5.74, 6) is -0.154. The van der Waals surface area contributed by atoms with Crippen molar-refractivity contribution in [1.29, 1.82) is 0 Å². The van der Waals surface area contributed by atoms with Crippen LogP contribution >= 0.6 is 0 Å². The molecule has 0 amide bonds. The van der Waals surface area contributed by atoms with E-state index >= 15 is 0 Å². The summed E-state index contributed by atoms with van der Waals surface area (Å²) in [7, 11) is 0. The zero-order valence-corrected chi connectivity index (χ0v) is 12.6. The van der Waals surface area contributed by atoms with Gasteiger partial charge < -0.3 is 15.2 Å². The van der Waals surface area contributed by atoms with Crippen LogP contribution < -0.4 is 5.32 Å². The first-order chi connectivity index (χ1) is 10.2. The molecule has 21 heavy (non-hydrogen) atoms. The minimum atomic E-state index is -0.154. The molecule has 1 aromatic rings. The largest absolute Gasteiger partial charge is 0.394 e. The zero-order valence-electron chi connectivity index (χ0n) is 12.6. The van der Waals surface area contributed by atoms with E-state index in [0.29, 0.717) is 6.61 Å². The van der Waals surface area contributed by atoms with Gasteiger partial charge in [0.2, 0.25) is 0 Å². The molecule has 0 radical (unpaired) electrons. The van der Waals surface area contributed by atoms with E-state index in [9.17, 15) is 9.50 Å². The lowest BCUT2D eigenvalue weighted by atomic mass is 10.0. The Kier molecular flexibility index (Phi) is 6.57. The second kappa shape index (κ2) is 8.44. The summed E-state index contributed by atoms with van der Waals surface area (Å²) in [4.78, 5) is 2.27. The molecule has 1 heterocycles. The van der Waals surface area contributed by atoms with Crippen LogP contribution in [0.25, 0.3) is 0 Å². The maximum atomic E-state index is 13.9. The van der Waals surface area contributed by atoms with Crippen LogP contribution in [0, 0.1) is 5.82 Å². The standard InChI is InChI=1S/C16H25FN2O2/c1-2-18-16(14-5-3-4-6-15(14)17)7-8-19-9-10-21-13(11-19)12-20/h3-6,13,16,18,20H,2,7-12H2,1H3. The average Bonchev–Trinajstić information content (AvgIpc) is 2.52. The second-order valence-corrected chi connectivity index (χ2v) is 5.40. The molecule has 2 rings (SSSR count). The van der Waals surface area contributed by atoms with Crippen LogP contribution in [0.5, 0.6) is 0 Å². The maximum Gasteiger partial charge on any atom is 0.127 e. The van der Waals surface area contributed by atoms with Crippen molar-refractivity contribution in [1.82, 2.24) is 10.2 Å². The van der Waals surface area contributed by atoms with Crippen LogP contribution in [-0.2, 0) is 4.74 Å². The van der Waals surface area contributed by atoms with Crippen LogP contribution in [-0.4, -0.2) is 55.5 Å². The number of hydrogen-bond acceptors (Lipinski definition) is 4. The number of nitrogens with zero attached hydrogens (tertiary/aromatic N) is 1. The van der Waals surface area contributed by atoms with Gasteiger partial charge in [-0.1, -0.05) is 25.1 Å². The van der Waals surface area contributed by atoms with Crippen LogP contribution in [0.4, 0.5) is 4.39 Å². The van der Waals surface area contributed by atoms with Crippen molar-refractivity contribution in [2.75, 3.05) is 39.4 Å². The van der Waals surface area contributed by atoms with Crippen molar-refractivity contribution in [3.05, 3.63) is 35.6 Å². The lowest BCUT2D eigenvalue weighted by Crippen LogP contribution is -2.45. The van der Waals surface area contributed by atoms with Gasteiger partial charge in [0.05, 0.1) is 19.3 Å². The molecule has 4 nitrogen and oxygen atoms in total. The Morgan fingerprint density at radius 3 is 3.00 bits per heavy atom. The summed E-state index contributed by atoms with van der Waals surface area (Å²) in [6.07, 6.45) is 0.747. The molecule has 0 saturated carbocycles. The van der Waals surface area contributed by atoms with Gasteiger partial charge in [-0.05, 0) is 19.0 Å². The van der Waals surface area contributed by atoms with E-state index < -0.39 is 0 Å². The summed E-state index contributed by atoms with van der Waals surface area (Å²) in [6, 6.07) is 6.97. The van der Waals surface area contributed by atoms with Crippen LogP contribution in [0.3, 0.4) is 0 Å². The third kappa shape index (κ3) is 4.74. The molecule has 0 aliphatic carbocycles. The van der Waals surface area contributed by atoms with E-state index in [-0.39, 0.29) is 24.6 Å². The Hall–Kier alpha value is -1.01. The molecular weight excluding hydrogens is 271 g/mol. The van der Waals surface area contributed by atoms with E-state index in [1.165, 1.54) is 6.07 Å². The van der Waals surface area contributed by atoms with Crippen molar-refractivity contribution in [2.45, 2.75) is 25.5 Å². The Morgan fingerprint density at radius 1 is 1.48 bits per heavy atom. The van der Waals surface area contributed by atoms with E-state index in [0.717, 1.165) is 38.2 Å². The number of hydrogen-bond donors (Lipinski definition) is 2. The summed E-state index contributed by atoms with van der Waals surface area (Å²) in [5.41, 5.74) is 0.728. The highest BCUT2D eigenvalue weighted by atomic mass is 19.1. The van der Waals surface area contributed by atoms with E-state index in [4.69, 9.17) is 4.74 Å². The predicted molar refractivity (Wildman–Crippen MR) is 80.7 cm³/mol. The highest BCUT2D eigenvalue weighted by Gasteiger charge is 2.21. The first kappa shape index (κ1) is 16.4. The Morgan fingerprint density at radius 2 is 2.29 bits per heavy atom. The predicted octanol–water partition coefficient (Wildman–Crippen LogP) is 1.56. The lowest BCUT2D eigenvalue weighted by Gasteiger charge is -2.33. The lowest BCUT2D eigenvalue weighted by molar-refractivity contribution is -0.0533. The van der Waals surface area contributed by atoms with Crippen molar-refractivity contribution in [2.24, 2.45) is 0 Å². The third-order valence-corrected chi connectivity index (χ3v) is 3.89. The molecule has 1 saturated heterocycles. The normalized spacial score (nSPS) is 21.4. The fourth-order valence-corrected chi connectivity index (χ4v) is 2.78. The number of aliphatic hydroxyl groups excluding tert-OH is 1. The quantitative estimate of drug-likeness (QED) is 0.801. The maximum absolute atomic E-state index is 13.9. The first-order valence-corrected chi connectivity index (χ1v) is 7.67. The topological polar surface area (TPSA) is 44.7 Å². The molecule has 1 aromatic carbocycles. The highest BCUT2D eigenvalue weighted by Crippen LogP contribution is 2.21. The van der Waals surface area contributed by atoms with Crippen molar-refractivity contribution in [3.8, 4) is 0 Å². The Bertz CT molecular complexity index is 430. The van der Waals surface area contributed by atoms with Gasteiger partial charge in [-0.2, -0.15) is 0 Å². The van der Waals surface area contributed by atoms with Gasteiger partial charge in [0, 0.05) is 31.2 Å². The molecule has 1 fully saturated rings. The molecule has 1 aliphatic rings. The zero-order chi connectivity index (χ0) is 15.1. The van der Waals surface area contributed by atoms with E-state index in [1.54, 1.807) is 6.07 Å². The van der Waals surface area contributed by atoms with Gasteiger partial charge in [0.25, 0.3) is 0 Å². The number of rotatable bonds is 7. The molecule has 5 heteroatoms. The molecular formula is C16H25FN2O2. The fraction of sp³-hybridized carbons (Fsp3) is 0.625. The van der Waals surface area contributed by atoms with Gasteiger partial charge in [-0.25, -0.2) is 4.39 Å². The smallest absolute Gasteiger partial charge is 0.127 e. The molecule has 1 aliphatic heterocycles. The number of morpholine rings is 1. The van der Waals surface area contributed by atoms with Crippen molar-refractivity contribution >= 4 is 0 Å². The molecule has 2 unspecified atom stereocenters. The number of nitrogens with one attached hydrogen (secondary N) is 1. The van der Waals surface area contributed by atoms with E-state index in [2.05, 4.69) is 10.2 Å². The highest BCUT2D eigenvalue weighted by molar-refractivity contribution is 5.21. The van der Waals surface area contributed by atoms with Gasteiger partial charge in [0.15, 0.2) is 0 Å². The molecule has 0 bridgehead atoms. The van der Waals surface area contributed by atoms with Crippen LogP contribution in [0.1, 0.15) is 24.9 Å². The van der Waals surface area contributed by atoms with Crippen molar-refractivity contribution in [3.63, 3.8) is 0 Å². The molecule has 0 aromatic heterocycles. The van der Waals surface area contributed by atoms with Gasteiger partial charge >= 0.3 is 0 Å². The number of halogens is 1. The summed E-state index contributed by atoms with van der Waals surface area (Å²) in [5, 5.41) is 12.5. The Labute approximate surface area is 125 Å². The third-order valence-electron chi connectivity index (χ3n) is 3.89. The first-order valence-electron chi connectivity index (χ1n) is 7.67. The molecule has 118 valence electrons. The molecule has 0 spiro atoms. The van der Waals surface area contributed by atoms with Crippen LogP contribution in [0.2, 0.25) is 0 Å². The van der Waals surface area contributed by atoms with Gasteiger partial charge in [0.1, 0.15) is 5.82 Å². The van der Waals surface area contributed by atoms with Gasteiger partial charge in [-0.15, -0.1) is 0 Å². The number of benzene rings is 1. The number of ether oxygens (including phenoxy) is 1. The minimum absolute atomic E-state index is 0.0200. The van der Waals surface area contributed by atoms with Gasteiger partial charge in [-0.3, -0.25) is 4.90 Å². The summed E-state index contributed by atoms with van der Waals surface area (Å²) < 4.78 is 19.4. The minimum Gasteiger partial charge on any atom is -0.394 e. The van der Waals surface area contributed by atoms with Crippen LogP contribution in [0.15, 0.2) is 24.3 Å². The summed E-state index contributed by atoms with van der Waals surface area (Å²) >= 11 is 0. The monoisotopic (exact) mass is 296 g/mol. The number of aliphatic hydroxyl groups is 1. The SMILES string of the molecule is CCNC(CCN1CCOC(CO)C1)c1ccccc1F. The summed E-state index contributed by atoms with van der Waals surface area (Å²) in [6.45, 7) is 6.02. The fourth-order valence-electron chi connectivity index (χ4n) is 2.78. The second-order valence-electron chi connectivity index (χ2n) is 5.40. The van der Waals surface area contributed by atoms with E-state index in [1.807, 2.05) is 19.1 Å². The molecule has 2 N–H and O–H groups in total. The average molecular weight is 296 g/mol.